The zero-order valence-corrected chi connectivity index (χ0v) is 7.28. The minimum absolute atomic E-state index is 0.0272. The molecule has 1 aliphatic carbocycles. The predicted octanol–water partition coefficient (Wildman–Crippen LogP) is 0.956. The Hall–Kier alpha value is 0.680. The van der Waals surface area contributed by atoms with E-state index in [-0.39, 0.29) is 9.01 Å². The highest BCUT2D eigenvalue weighted by Gasteiger charge is 2.34. The summed E-state index contributed by atoms with van der Waals surface area (Å²) >= 11 is 1.90. The Bertz CT molecular complexity index is 168. The van der Waals surface area contributed by atoms with Crippen molar-refractivity contribution in [2.75, 3.05) is 3.76 Å². The van der Waals surface area contributed by atoms with Crippen LogP contribution in [0.15, 0.2) is 0 Å². The highest BCUT2D eigenvalue weighted by atomic mass is 127. The van der Waals surface area contributed by atoms with Gasteiger partial charge in [0.05, 0.1) is 5.25 Å². The van der Waals surface area contributed by atoms with Gasteiger partial charge in [0.2, 0.25) is 0 Å². The van der Waals surface area contributed by atoms with Gasteiger partial charge in [0.15, 0.2) is 9.84 Å². The van der Waals surface area contributed by atoms with Gasteiger partial charge in [0, 0.05) is 0 Å². The molecule has 0 amide bonds. The molecule has 0 unspecified atom stereocenters. The molecule has 1 rings (SSSR count). The van der Waals surface area contributed by atoms with Crippen molar-refractivity contribution in [3.05, 3.63) is 0 Å². The molecule has 0 aliphatic heterocycles. The Morgan fingerprint density at radius 2 is 2.00 bits per heavy atom. The molecule has 0 aromatic rings. The van der Waals surface area contributed by atoms with E-state index in [1.165, 1.54) is 0 Å². The standard InChI is InChI=1S/C4H7IO2S/c5-3-8(6,7)4-1-2-4/h4H,1-3H2. The van der Waals surface area contributed by atoms with Crippen molar-refractivity contribution in [1.82, 2.24) is 0 Å². The van der Waals surface area contributed by atoms with Crippen molar-refractivity contribution in [3.8, 4) is 0 Å². The van der Waals surface area contributed by atoms with Crippen LogP contribution in [0.1, 0.15) is 12.8 Å². The fraction of sp³-hybridized carbons (Fsp3) is 1.00. The van der Waals surface area contributed by atoms with E-state index < -0.39 is 9.84 Å². The van der Waals surface area contributed by atoms with Crippen molar-refractivity contribution in [3.63, 3.8) is 0 Å². The molecule has 8 heavy (non-hydrogen) atoms. The summed E-state index contributed by atoms with van der Waals surface area (Å²) in [4.78, 5) is 0. The van der Waals surface area contributed by atoms with E-state index in [2.05, 4.69) is 0 Å². The van der Waals surface area contributed by atoms with Gasteiger partial charge in [-0.05, 0) is 12.8 Å². The lowest BCUT2D eigenvalue weighted by molar-refractivity contribution is 0.600. The van der Waals surface area contributed by atoms with E-state index in [1.54, 1.807) is 0 Å². The van der Waals surface area contributed by atoms with Crippen LogP contribution in [0.5, 0.6) is 0 Å². The summed E-state index contributed by atoms with van der Waals surface area (Å²) in [6, 6.07) is 0. The summed E-state index contributed by atoms with van der Waals surface area (Å²) in [7, 11) is -2.64. The molecule has 0 saturated heterocycles. The van der Waals surface area contributed by atoms with Crippen molar-refractivity contribution >= 4 is 32.4 Å². The summed E-state index contributed by atoms with van der Waals surface area (Å²) < 4.78 is 21.8. The van der Waals surface area contributed by atoms with E-state index in [0.717, 1.165) is 12.8 Å². The highest BCUT2D eigenvalue weighted by Crippen LogP contribution is 2.29. The third-order valence-corrected chi connectivity index (χ3v) is 5.58. The number of hydrogen-bond donors (Lipinski definition) is 0. The molecule has 0 heterocycles. The summed E-state index contributed by atoms with van der Waals surface area (Å²) in [6.07, 6.45) is 1.79. The van der Waals surface area contributed by atoms with Crippen LogP contribution in [0.2, 0.25) is 0 Å². The van der Waals surface area contributed by atoms with Crippen LogP contribution in [-0.4, -0.2) is 17.4 Å². The monoisotopic (exact) mass is 246 g/mol. The van der Waals surface area contributed by atoms with E-state index >= 15 is 0 Å². The number of alkyl halides is 1. The smallest absolute Gasteiger partial charge is 0.162 e. The van der Waals surface area contributed by atoms with Gasteiger partial charge in [-0.2, -0.15) is 0 Å². The first-order valence-corrected chi connectivity index (χ1v) is 5.68. The summed E-state index contributed by atoms with van der Waals surface area (Å²) in [5.74, 6) is 0. The van der Waals surface area contributed by atoms with E-state index in [0.29, 0.717) is 0 Å². The second-order valence-electron chi connectivity index (χ2n) is 1.97. The molecular weight excluding hydrogens is 239 g/mol. The number of halogens is 1. The second-order valence-corrected chi connectivity index (χ2v) is 6.05. The molecular formula is C4H7IO2S. The zero-order chi connectivity index (χ0) is 6.20. The maximum absolute atomic E-state index is 10.8. The van der Waals surface area contributed by atoms with Gasteiger partial charge < -0.3 is 0 Å². The van der Waals surface area contributed by atoms with Gasteiger partial charge in [0.1, 0.15) is 3.76 Å². The largest absolute Gasteiger partial charge is 0.228 e. The number of sulfone groups is 1. The molecule has 0 spiro atoms. The van der Waals surface area contributed by atoms with Crippen LogP contribution < -0.4 is 0 Å². The lowest BCUT2D eigenvalue weighted by Crippen LogP contribution is -2.06. The molecule has 1 aliphatic rings. The van der Waals surface area contributed by atoms with Crippen LogP contribution in [0.3, 0.4) is 0 Å². The molecule has 0 aromatic heterocycles. The average Bonchev–Trinajstić information content (AvgIpc) is 2.44. The summed E-state index contributed by atoms with van der Waals surface area (Å²) in [5, 5.41) is 0.0272. The SMILES string of the molecule is O=S(=O)(CI)C1CC1. The first kappa shape index (κ1) is 6.80. The summed E-state index contributed by atoms with van der Waals surface area (Å²) in [5.41, 5.74) is 0. The van der Waals surface area contributed by atoms with Crippen molar-refractivity contribution < 1.29 is 8.42 Å². The Kier molecular flexibility index (Phi) is 1.81. The van der Waals surface area contributed by atoms with Gasteiger partial charge >= 0.3 is 0 Å². The van der Waals surface area contributed by atoms with Crippen molar-refractivity contribution in [1.29, 1.82) is 0 Å². The molecule has 0 N–H and O–H groups in total. The molecule has 0 aromatic carbocycles. The van der Waals surface area contributed by atoms with Crippen LogP contribution >= 0.6 is 22.6 Å². The molecule has 0 bridgehead atoms. The van der Waals surface area contributed by atoms with Crippen LogP contribution in [-0.2, 0) is 9.84 Å². The van der Waals surface area contributed by atoms with E-state index in [4.69, 9.17) is 0 Å². The number of rotatable bonds is 2. The normalized spacial score (nSPS) is 21.1. The summed E-state index contributed by atoms with van der Waals surface area (Å²) in [6.45, 7) is 0. The van der Waals surface area contributed by atoms with Crippen LogP contribution in [0.25, 0.3) is 0 Å². The Morgan fingerprint density at radius 3 is 2.12 bits per heavy atom. The Morgan fingerprint density at radius 1 is 1.50 bits per heavy atom. The van der Waals surface area contributed by atoms with Gasteiger partial charge in [-0.3, -0.25) is 0 Å². The number of hydrogen-bond acceptors (Lipinski definition) is 2. The third-order valence-electron chi connectivity index (χ3n) is 1.18. The third kappa shape index (κ3) is 1.34. The molecule has 1 fully saturated rings. The zero-order valence-electron chi connectivity index (χ0n) is 4.30. The Labute approximate surface area is 62.7 Å². The minimum Gasteiger partial charge on any atom is -0.228 e. The quantitative estimate of drug-likeness (QED) is 0.537. The molecule has 1 saturated carbocycles. The maximum Gasteiger partial charge on any atom is 0.162 e. The van der Waals surface area contributed by atoms with E-state index in [1.807, 2.05) is 22.6 Å². The average molecular weight is 246 g/mol. The highest BCUT2D eigenvalue weighted by molar-refractivity contribution is 14.1. The lowest BCUT2D eigenvalue weighted by atomic mass is 11.0. The topological polar surface area (TPSA) is 34.1 Å². The van der Waals surface area contributed by atoms with Gasteiger partial charge in [0.25, 0.3) is 0 Å². The molecule has 48 valence electrons. The van der Waals surface area contributed by atoms with Crippen molar-refractivity contribution in [2.24, 2.45) is 0 Å². The first-order valence-electron chi connectivity index (χ1n) is 2.44. The van der Waals surface area contributed by atoms with Gasteiger partial charge in [-0.1, -0.05) is 22.6 Å². The molecule has 0 radical (unpaired) electrons. The first-order chi connectivity index (χ1) is 3.67. The predicted molar refractivity (Wildman–Crippen MR) is 40.8 cm³/mol. The van der Waals surface area contributed by atoms with Gasteiger partial charge in [-0.15, -0.1) is 0 Å². The van der Waals surface area contributed by atoms with Crippen molar-refractivity contribution in [2.45, 2.75) is 18.1 Å². The fourth-order valence-electron chi connectivity index (χ4n) is 0.516. The van der Waals surface area contributed by atoms with E-state index in [9.17, 15) is 8.42 Å². The fourth-order valence-corrected chi connectivity index (χ4v) is 3.07. The second kappa shape index (κ2) is 2.13. The minimum atomic E-state index is -2.64. The molecule has 4 heteroatoms. The Balaban J connectivity index is 2.65. The maximum atomic E-state index is 10.8. The van der Waals surface area contributed by atoms with Crippen LogP contribution in [0.4, 0.5) is 0 Å². The van der Waals surface area contributed by atoms with Gasteiger partial charge in [-0.25, -0.2) is 8.42 Å². The van der Waals surface area contributed by atoms with Crippen LogP contribution in [0, 0.1) is 0 Å². The lowest BCUT2D eigenvalue weighted by Gasteiger charge is -1.90. The molecule has 2 nitrogen and oxygen atoms in total. The molecule has 0 atom stereocenters.